The molecule has 1 aromatic carbocycles. The van der Waals surface area contributed by atoms with Gasteiger partial charge in [-0.15, -0.1) is 0 Å². The van der Waals surface area contributed by atoms with E-state index in [1.54, 1.807) is 7.11 Å². The summed E-state index contributed by atoms with van der Waals surface area (Å²) < 4.78 is 30.9. The van der Waals surface area contributed by atoms with Crippen LogP contribution in [0.25, 0.3) is 0 Å². The van der Waals surface area contributed by atoms with Crippen molar-refractivity contribution in [2.45, 2.75) is 25.3 Å². The third kappa shape index (κ3) is 4.73. The van der Waals surface area contributed by atoms with Gasteiger partial charge < -0.3 is 4.74 Å². The number of hydrogen-bond donors (Lipinski definition) is 2. The molecule has 1 aromatic heterocycles. The minimum atomic E-state index is -3.32. The Balaban J connectivity index is 1.70. The Hall–Kier alpha value is -2.06. The minimum Gasteiger partial charge on any atom is -0.497 e. The zero-order valence-corrected chi connectivity index (χ0v) is 15.3. The van der Waals surface area contributed by atoms with Gasteiger partial charge in [-0.1, -0.05) is 12.1 Å². The third-order valence-electron chi connectivity index (χ3n) is 4.42. The van der Waals surface area contributed by atoms with Crippen molar-refractivity contribution in [3.8, 4) is 5.75 Å². The van der Waals surface area contributed by atoms with Gasteiger partial charge in [0.05, 0.1) is 30.9 Å². The lowest BCUT2D eigenvalue weighted by Gasteiger charge is -2.32. The molecule has 1 fully saturated rings. The topological polar surface area (TPSA) is 87.3 Å². The number of likely N-dealkylation sites (tertiary alicyclic amines) is 1. The number of aromatic amines is 1. The van der Waals surface area contributed by atoms with E-state index in [9.17, 15) is 8.42 Å². The van der Waals surface area contributed by atoms with Crippen LogP contribution in [0.4, 0.5) is 5.69 Å². The second-order valence-electron chi connectivity index (χ2n) is 6.50. The highest BCUT2D eigenvalue weighted by Gasteiger charge is 2.25. The summed E-state index contributed by atoms with van der Waals surface area (Å²) in [6, 6.07) is 8.09. The Bertz CT molecular complexity index is 819. The van der Waals surface area contributed by atoms with Gasteiger partial charge in [0.2, 0.25) is 10.0 Å². The van der Waals surface area contributed by atoms with Crippen molar-refractivity contribution in [2.75, 3.05) is 31.2 Å². The van der Waals surface area contributed by atoms with Crippen molar-refractivity contribution in [3.63, 3.8) is 0 Å². The second-order valence-corrected chi connectivity index (χ2v) is 8.25. The minimum absolute atomic E-state index is 0.228. The second kappa shape index (κ2) is 7.45. The summed E-state index contributed by atoms with van der Waals surface area (Å²) >= 11 is 0. The van der Waals surface area contributed by atoms with Crippen LogP contribution in [0.3, 0.4) is 0 Å². The molecule has 0 amide bonds. The van der Waals surface area contributed by atoms with Gasteiger partial charge in [0.15, 0.2) is 0 Å². The maximum Gasteiger partial charge on any atom is 0.229 e. The van der Waals surface area contributed by atoms with Crippen LogP contribution in [0, 0.1) is 0 Å². The Morgan fingerprint density at radius 2 is 2.28 bits per heavy atom. The van der Waals surface area contributed by atoms with E-state index in [1.807, 2.05) is 12.1 Å². The number of nitrogens with one attached hydrogen (secondary N) is 2. The molecule has 2 aromatic rings. The molecule has 2 heterocycles. The lowest BCUT2D eigenvalue weighted by Crippen LogP contribution is -2.34. The van der Waals surface area contributed by atoms with E-state index in [2.05, 4.69) is 32.0 Å². The van der Waals surface area contributed by atoms with E-state index in [0.29, 0.717) is 5.69 Å². The molecular formula is C17H24N4O3S. The van der Waals surface area contributed by atoms with Gasteiger partial charge in [0, 0.05) is 19.0 Å². The average Bonchev–Trinajstić information content (AvgIpc) is 3.01. The summed E-state index contributed by atoms with van der Waals surface area (Å²) in [5, 5.41) is 7.00. The predicted molar refractivity (Wildman–Crippen MR) is 97.3 cm³/mol. The lowest BCUT2D eigenvalue weighted by molar-refractivity contribution is 0.198. The molecule has 7 nitrogen and oxygen atoms in total. The van der Waals surface area contributed by atoms with Crippen LogP contribution in [0.5, 0.6) is 5.75 Å². The SMILES string of the molecule is COc1cccc(CN2CCC[C@H](c3[nH]ncc3NS(C)(=O)=O)C2)c1. The van der Waals surface area contributed by atoms with E-state index < -0.39 is 10.0 Å². The monoisotopic (exact) mass is 364 g/mol. The number of anilines is 1. The molecule has 0 aliphatic carbocycles. The summed E-state index contributed by atoms with van der Waals surface area (Å²) in [5.41, 5.74) is 2.62. The largest absolute Gasteiger partial charge is 0.497 e. The highest BCUT2D eigenvalue weighted by atomic mass is 32.2. The summed E-state index contributed by atoms with van der Waals surface area (Å²) in [7, 11) is -1.64. The van der Waals surface area contributed by atoms with Crippen LogP contribution in [0.2, 0.25) is 0 Å². The molecular weight excluding hydrogens is 340 g/mol. The van der Waals surface area contributed by atoms with Crippen LogP contribution in [0.1, 0.15) is 30.0 Å². The first-order valence-electron chi connectivity index (χ1n) is 8.31. The third-order valence-corrected chi connectivity index (χ3v) is 5.01. The molecule has 1 aliphatic heterocycles. The Kier molecular flexibility index (Phi) is 5.29. The summed E-state index contributed by atoms with van der Waals surface area (Å²) in [5.74, 6) is 1.09. The van der Waals surface area contributed by atoms with Gasteiger partial charge in [0.25, 0.3) is 0 Å². The van der Waals surface area contributed by atoms with Crippen molar-refractivity contribution < 1.29 is 13.2 Å². The molecule has 136 valence electrons. The number of aromatic nitrogens is 2. The number of piperidine rings is 1. The number of ether oxygens (including phenoxy) is 1. The van der Waals surface area contributed by atoms with Gasteiger partial charge in [-0.3, -0.25) is 14.7 Å². The molecule has 8 heteroatoms. The molecule has 1 aliphatic rings. The van der Waals surface area contributed by atoms with E-state index >= 15 is 0 Å². The van der Waals surface area contributed by atoms with Crippen LogP contribution < -0.4 is 9.46 Å². The Morgan fingerprint density at radius 1 is 1.44 bits per heavy atom. The summed E-state index contributed by atoms with van der Waals surface area (Å²) in [6.07, 6.45) is 4.76. The average molecular weight is 364 g/mol. The number of nitrogens with zero attached hydrogens (tertiary/aromatic N) is 2. The standard InChI is InChI=1S/C17H24N4O3S/c1-24-15-7-3-5-13(9-15)11-21-8-4-6-14(12-21)17-16(10-18-19-17)20-25(2,22)23/h3,5,7,9-10,14,20H,4,6,8,11-12H2,1-2H3,(H,18,19)/t14-/m0/s1. The molecule has 3 rings (SSSR count). The molecule has 0 spiro atoms. The van der Waals surface area contributed by atoms with Crippen LogP contribution in [-0.2, 0) is 16.6 Å². The van der Waals surface area contributed by atoms with E-state index in [4.69, 9.17) is 4.74 Å². The molecule has 1 atom stereocenters. The number of methoxy groups -OCH3 is 1. The summed E-state index contributed by atoms with van der Waals surface area (Å²) in [4.78, 5) is 2.38. The van der Waals surface area contributed by atoms with Crippen LogP contribution in [0.15, 0.2) is 30.5 Å². The van der Waals surface area contributed by atoms with Gasteiger partial charge in [-0.25, -0.2) is 8.42 Å². The van der Waals surface area contributed by atoms with Gasteiger partial charge in [0.1, 0.15) is 5.75 Å². The van der Waals surface area contributed by atoms with Crippen molar-refractivity contribution in [1.29, 1.82) is 0 Å². The maximum absolute atomic E-state index is 11.5. The zero-order valence-electron chi connectivity index (χ0n) is 14.5. The normalized spacial score (nSPS) is 18.9. The fourth-order valence-electron chi connectivity index (χ4n) is 3.35. The first-order valence-corrected chi connectivity index (χ1v) is 10.2. The van der Waals surface area contributed by atoms with E-state index in [0.717, 1.165) is 50.2 Å². The molecule has 25 heavy (non-hydrogen) atoms. The molecule has 0 radical (unpaired) electrons. The highest BCUT2D eigenvalue weighted by Crippen LogP contribution is 2.31. The molecule has 2 N–H and O–H groups in total. The quantitative estimate of drug-likeness (QED) is 0.820. The number of benzene rings is 1. The lowest BCUT2D eigenvalue weighted by atomic mass is 9.94. The summed E-state index contributed by atoms with van der Waals surface area (Å²) in [6.45, 7) is 2.73. The van der Waals surface area contributed by atoms with Gasteiger partial charge >= 0.3 is 0 Å². The fraction of sp³-hybridized carbons (Fsp3) is 0.471. The van der Waals surface area contributed by atoms with E-state index in [-0.39, 0.29) is 5.92 Å². The van der Waals surface area contributed by atoms with Crippen molar-refractivity contribution >= 4 is 15.7 Å². The maximum atomic E-state index is 11.5. The first-order chi connectivity index (χ1) is 11.9. The first kappa shape index (κ1) is 17.8. The van der Waals surface area contributed by atoms with E-state index in [1.165, 1.54) is 11.8 Å². The Labute approximate surface area is 148 Å². The molecule has 1 saturated heterocycles. The van der Waals surface area contributed by atoms with Crippen LogP contribution >= 0.6 is 0 Å². The molecule has 0 saturated carbocycles. The number of H-pyrrole nitrogens is 1. The molecule has 0 unspecified atom stereocenters. The smallest absolute Gasteiger partial charge is 0.229 e. The Morgan fingerprint density at radius 3 is 3.04 bits per heavy atom. The van der Waals surface area contributed by atoms with Crippen molar-refractivity contribution in [2.24, 2.45) is 0 Å². The number of rotatable bonds is 6. The number of hydrogen-bond acceptors (Lipinski definition) is 5. The van der Waals surface area contributed by atoms with Gasteiger partial charge in [-0.2, -0.15) is 5.10 Å². The van der Waals surface area contributed by atoms with Crippen LogP contribution in [-0.4, -0.2) is 50.0 Å². The predicted octanol–water partition coefficient (Wildman–Crippen LogP) is 2.17. The highest BCUT2D eigenvalue weighted by molar-refractivity contribution is 7.92. The molecule has 0 bridgehead atoms. The van der Waals surface area contributed by atoms with Gasteiger partial charge in [-0.05, 0) is 37.1 Å². The van der Waals surface area contributed by atoms with Crippen molar-refractivity contribution in [3.05, 3.63) is 41.7 Å². The fourth-order valence-corrected chi connectivity index (χ4v) is 3.91. The zero-order chi connectivity index (χ0) is 17.9. The van der Waals surface area contributed by atoms with Crippen molar-refractivity contribution in [1.82, 2.24) is 15.1 Å². The number of sulfonamides is 1.